The summed E-state index contributed by atoms with van der Waals surface area (Å²) < 4.78 is 1.08. The topological polar surface area (TPSA) is 93.1 Å². The van der Waals surface area contributed by atoms with E-state index in [4.69, 9.17) is 0 Å². The number of aryl methyl sites for hydroxylation is 3. The zero-order chi connectivity index (χ0) is 24.9. The maximum atomic E-state index is 13.2. The molecule has 0 atom stereocenters. The molecule has 0 aliphatic carbocycles. The number of rotatable bonds is 6. The van der Waals surface area contributed by atoms with Gasteiger partial charge >= 0.3 is 0 Å². The van der Waals surface area contributed by atoms with E-state index in [2.05, 4.69) is 15.7 Å². The van der Waals surface area contributed by atoms with E-state index < -0.39 is 17.4 Å². The van der Waals surface area contributed by atoms with Crippen molar-refractivity contribution in [3.05, 3.63) is 111 Å². The van der Waals surface area contributed by atoms with Crippen LogP contribution in [0.15, 0.2) is 83.7 Å². The van der Waals surface area contributed by atoms with Crippen molar-refractivity contribution in [3.8, 4) is 11.3 Å². The first-order chi connectivity index (χ1) is 16.8. The molecule has 2 amide bonds. The molecule has 0 spiro atoms. The summed E-state index contributed by atoms with van der Waals surface area (Å²) in [5.41, 5.74) is 4.87. The van der Waals surface area contributed by atoms with Gasteiger partial charge in [0.15, 0.2) is 0 Å². The van der Waals surface area contributed by atoms with E-state index in [1.54, 1.807) is 30.3 Å². The van der Waals surface area contributed by atoms with E-state index in [1.165, 1.54) is 6.07 Å². The smallest absolute Gasteiger partial charge is 0.291 e. The highest BCUT2D eigenvalue weighted by molar-refractivity contribution is 6.04. The molecule has 0 bridgehead atoms. The SMILES string of the molecule is Cc1ccc(-c2cc(NC(=O)c3ccccc3)c(=O)n(CC(=O)Nc3ccc(C)cc3C)n2)cc1. The van der Waals surface area contributed by atoms with Crippen molar-refractivity contribution in [2.24, 2.45) is 0 Å². The summed E-state index contributed by atoms with van der Waals surface area (Å²) in [6.07, 6.45) is 0. The van der Waals surface area contributed by atoms with Crippen LogP contribution in [0.1, 0.15) is 27.0 Å². The van der Waals surface area contributed by atoms with Crippen molar-refractivity contribution in [3.63, 3.8) is 0 Å². The lowest BCUT2D eigenvalue weighted by molar-refractivity contribution is -0.117. The summed E-state index contributed by atoms with van der Waals surface area (Å²) in [6, 6.07) is 23.5. The molecule has 3 aromatic carbocycles. The second-order valence-electron chi connectivity index (χ2n) is 8.46. The molecular formula is C28H26N4O3. The molecule has 0 saturated heterocycles. The lowest BCUT2D eigenvalue weighted by Gasteiger charge is -2.13. The van der Waals surface area contributed by atoms with E-state index in [0.717, 1.165) is 26.9 Å². The van der Waals surface area contributed by atoms with Gasteiger partial charge in [0, 0.05) is 16.8 Å². The number of hydrogen-bond acceptors (Lipinski definition) is 4. The fraction of sp³-hybridized carbons (Fsp3) is 0.143. The first-order valence-electron chi connectivity index (χ1n) is 11.2. The largest absolute Gasteiger partial charge is 0.324 e. The van der Waals surface area contributed by atoms with E-state index >= 15 is 0 Å². The standard InChI is InChI=1S/C28H26N4O3/c1-18-9-12-21(13-10-18)24-16-25(30-27(34)22-7-5-4-6-8-22)28(35)32(31-24)17-26(33)29-23-14-11-19(2)15-20(23)3/h4-16H,17H2,1-3H3,(H,29,33)(H,30,34). The summed E-state index contributed by atoms with van der Waals surface area (Å²) in [5, 5.41) is 9.95. The Morgan fingerprint density at radius 1 is 0.800 bits per heavy atom. The second-order valence-corrected chi connectivity index (χ2v) is 8.46. The molecule has 7 nitrogen and oxygen atoms in total. The lowest BCUT2D eigenvalue weighted by atomic mass is 10.1. The third-order valence-corrected chi connectivity index (χ3v) is 5.56. The number of aromatic nitrogens is 2. The minimum atomic E-state index is -0.569. The van der Waals surface area contributed by atoms with Gasteiger partial charge in [0.05, 0.1) is 5.69 Å². The molecular weight excluding hydrogens is 440 g/mol. The van der Waals surface area contributed by atoms with Crippen LogP contribution in [-0.4, -0.2) is 21.6 Å². The van der Waals surface area contributed by atoms with Crippen molar-refractivity contribution in [1.29, 1.82) is 0 Å². The van der Waals surface area contributed by atoms with Crippen LogP contribution in [0.2, 0.25) is 0 Å². The number of benzene rings is 3. The Morgan fingerprint density at radius 3 is 2.17 bits per heavy atom. The van der Waals surface area contributed by atoms with Crippen molar-refractivity contribution >= 4 is 23.2 Å². The molecule has 0 fully saturated rings. The number of nitrogens with zero attached hydrogens (tertiary/aromatic N) is 2. The fourth-order valence-corrected chi connectivity index (χ4v) is 3.67. The van der Waals surface area contributed by atoms with E-state index in [1.807, 2.05) is 63.2 Å². The Hall–Kier alpha value is -4.52. The van der Waals surface area contributed by atoms with Crippen molar-refractivity contribution < 1.29 is 9.59 Å². The van der Waals surface area contributed by atoms with E-state index in [0.29, 0.717) is 16.9 Å². The van der Waals surface area contributed by atoms with Crippen LogP contribution in [0.5, 0.6) is 0 Å². The van der Waals surface area contributed by atoms with Gasteiger partial charge in [-0.05, 0) is 50.6 Å². The minimum Gasteiger partial charge on any atom is -0.324 e. The number of amides is 2. The molecule has 176 valence electrons. The summed E-state index contributed by atoms with van der Waals surface area (Å²) >= 11 is 0. The minimum absolute atomic E-state index is 0.0451. The van der Waals surface area contributed by atoms with Gasteiger partial charge in [-0.2, -0.15) is 5.10 Å². The first kappa shape index (κ1) is 23.6. The third kappa shape index (κ3) is 5.70. The van der Waals surface area contributed by atoms with Gasteiger partial charge in [0.25, 0.3) is 11.5 Å². The van der Waals surface area contributed by atoms with Crippen LogP contribution in [-0.2, 0) is 11.3 Å². The van der Waals surface area contributed by atoms with Crippen LogP contribution >= 0.6 is 0 Å². The molecule has 4 rings (SSSR count). The number of carbonyl (C=O) groups is 2. The van der Waals surface area contributed by atoms with Crippen LogP contribution in [0.4, 0.5) is 11.4 Å². The Balaban J connectivity index is 1.68. The molecule has 1 heterocycles. The lowest BCUT2D eigenvalue weighted by Crippen LogP contribution is -2.32. The molecule has 7 heteroatoms. The highest BCUT2D eigenvalue weighted by Crippen LogP contribution is 2.20. The Morgan fingerprint density at radius 2 is 1.49 bits per heavy atom. The highest BCUT2D eigenvalue weighted by Gasteiger charge is 2.16. The molecule has 2 N–H and O–H groups in total. The van der Waals surface area contributed by atoms with Crippen molar-refractivity contribution in [2.75, 3.05) is 10.6 Å². The van der Waals surface area contributed by atoms with Gasteiger partial charge in [-0.1, -0.05) is 65.7 Å². The summed E-state index contributed by atoms with van der Waals surface area (Å²) in [5.74, 6) is -0.817. The van der Waals surface area contributed by atoms with Crippen molar-refractivity contribution in [2.45, 2.75) is 27.3 Å². The first-order valence-corrected chi connectivity index (χ1v) is 11.2. The fourth-order valence-electron chi connectivity index (χ4n) is 3.67. The predicted molar refractivity (Wildman–Crippen MR) is 138 cm³/mol. The van der Waals surface area contributed by atoms with Gasteiger partial charge in [0.2, 0.25) is 5.91 Å². The maximum absolute atomic E-state index is 13.2. The predicted octanol–water partition coefficient (Wildman–Crippen LogP) is 4.73. The maximum Gasteiger partial charge on any atom is 0.291 e. The molecule has 35 heavy (non-hydrogen) atoms. The average Bonchev–Trinajstić information content (AvgIpc) is 2.84. The van der Waals surface area contributed by atoms with E-state index in [9.17, 15) is 14.4 Å². The van der Waals surface area contributed by atoms with Crippen LogP contribution < -0.4 is 16.2 Å². The number of hydrogen-bond donors (Lipinski definition) is 2. The van der Waals surface area contributed by atoms with Crippen LogP contribution in [0, 0.1) is 20.8 Å². The van der Waals surface area contributed by atoms with Crippen LogP contribution in [0.25, 0.3) is 11.3 Å². The highest BCUT2D eigenvalue weighted by atomic mass is 16.2. The van der Waals surface area contributed by atoms with E-state index in [-0.39, 0.29) is 12.2 Å². The number of anilines is 2. The molecule has 0 aliphatic heterocycles. The zero-order valence-corrected chi connectivity index (χ0v) is 19.8. The summed E-state index contributed by atoms with van der Waals surface area (Å²) in [4.78, 5) is 38.7. The molecule has 4 aromatic rings. The Kier molecular flexibility index (Phi) is 6.87. The Bertz CT molecular complexity index is 1440. The molecule has 0 unspecified atom stereocenters. The normalized spacial score (nSPS) is 10.6. The van der Waals surface area contributed by atoms with Gasteiger partial charge in [-0.3, -0.25) is 14.4 Å². The third-order valence-electron chi connectivity index (χ3n) is 5.56. The van der Waals surface area contributed by atoms with Crippen LogP contribution in [0.3, 0.4) is 0 Å². The van der Waals surface area contributed by atoms with Crippen molar-refractivity contribution in [1.82, 2.24) is 9.78 Å². The monoisotopic (exact) mass is 466 g/mol. The van der Waals surface area contributed by atoms with Gasteiger partial charge in [0.1, 0.15) is 12.2 Å². The van der Waals surface area contributed by atoms with Gasteiger partial charge in [-0.15, -0.1) is 0 Å². The van der Waals surface area contributed by atoms with Gasteiger partial charge in [-0.25, -0.2) is 4.68 Å². The molecule has 0 saturated carbocycles. The quantitative estimate of drug-likeness (QED) is 0.430. The van der Waals surface area contributed by atoms with Gasteiger partial charge < -0.3 is 10.6 Å². The molecule has 0 aliphatic rings. The molecule has 0 radical (unpaired) electrons. The molecule has 1 aromatic heterocycles. The second kappa shape index (κ2) is 10.2. The summed E-state index contributed by atoms with van der Waals surface area (Å²) in [7, 11) is 0. The number of nitrogens with one attached hydrogen (secondary N) is 2. The summed E-state index contributed by atoms with van der Waals surface area (Å²) in [6.45, 7) is 5.55. The Labute approximate surface area is 203 Å². The zero-order valence-electron chi connectivity index (χ0n) is 19.8. The number of carbonyl (C=O) groups excluding carboxylic acids is 2. The average molecular weight is 467 g/mol.